The van der Waals surface area contributed by atoms with Crippen LogP contribution in [0.1, 0.15) is 5.69 Å². The van der Waals surface area contributed by atoms with Crippen LogP contribution in [0, 0.1) is 5.82 Å². The molecule has 1 aromatic carbocycles. The number of halogens is 1. The van der Waals surface area contributed by atoms with Gasteiger partial charge < -0.3 is 5.11 Å². The van der Waals surface area contributed by atoms with Crippen molar-refractivity contribution in [2.45, 2.75) is 6.42 Å². The van der Waals surface area contributed by atoms with Crippen molar-refractivity contribution in [1.82, 2.24) is 4.98 Å². The number of aliphatic hydroxyl groups excluding tert-OH is 1. The van der Waals surface area contributed by atoms with Crippen LogP contribution in [0.5, 0.6) is 0 Å². The number of para-hydroxylation sites is 1. The summed E-state index contributed by atoms with van der Waals surface area (Å²) in [5.74, 6) is -0.317. The van der Waals surface area contributed by atoms with Gasteiger partial charge in [-0.2, -0.15) is 0 Å². The topological polar surface area (TPSA) is 33.1 Å². The number of pyridine rings is 1. The average molecular weight is 191 g/mol. The van der Waals surface area contributed by atoms with Gasteiger partial charge in [-0.3, -0.25) is 0 Å². The summed E-state index contributed by atoms with van der Waals surface area (Å²) in [6, 6.07) is 8.48. The second kappa shape index (κ2) is 3.72. The quantitative estimate of drug-likeness (QED) is 0.786. The molecule has 0 aliphatic heterocycles. The number of fused-ring (bicyclic) bond motifs is 1. The van der Waals surface area contributed by atoms with E-state index in [4.69, 9.17) is 5.11 Å². The lowest BCUT2D eigenvalue weighted by Gasteiger charge is -2.01. The van der Waals surface area contributed by atoms with Crippen molar-refractivity contribution in [3.63, 3.8) is 0 Å². The van der Waals surface area contributed by atoms with Gasteiger partial charge in [-0.05, 0) is 12.1 Å². The summed E-state index contributed by atoms with van der Waals surface area (Å²) in [6.45, 7) is 0.0347. The van der Waals surface area contributed by atoms with E-state index in [2.05, 4.69) is 4.98 Å². The van der Waals surface area contributed by atoms with Gasteiger partial charge in [0.2, 0.25) is 0 Å². The molecule has 2 aromatic rings. The van der Waals surface area contributed by atoms with Crippen LogP contribution in [-0.2, 0) is 6.42 Å². The lowest BCUT2D eigenvalue weighted by Crippen LogP contribution is -1.95. The van der Waals surface area contributed by atoms with Gasteiger partial charge in [-0.15, -0.1) is 0 Å². The zero-order valence-electron chi connectivity index (χ0n) is 7.57. The molecule has 0 radical (unpaired) electrons. The molecule has 2 rings (SSSR count). The Bertz CT molecular complexity index is 456. The first kappa shape index (κ1) is 9.09. The number of benzene rings is 1. The molecule has 72 valence electrons. The smallest absolute Gasteiger partial charge is 0.149 e. The highest BCUT2D eigenvalue weighted by Crippen LogP contribution is 2.15. The number of nitrogens with zero attached hydrogens (tertiary/aromatic N) is 1. The normalized spacial score (nSPS) is 10.7. The summed E-state index contributed by atoms with van der Waals surface area (Å²) in [6.07, 6.45) is 0.463. The third kappa shape index (κ3) is 1.59. The van der Waals surface area contributed by atoms with Crippen LogP contribution in [0.15, 0.2) is 30.3 Å². The van der Waals surface area contributed by atoms with Crippen LogP contribution in [0.3, 0.4) is 0 Å². The second-order valence-electron chi connectivity index (χ2n) is 3.09. The predicted molar refractivity (Wildman–Crippen MR) is 52.5 cm³/mol. The van der Waals surface area contributed by atoms with Gasteiger partial charge in [-0.25, -0.2) is 9.37 Å². The van der Waals surface area contributed by atoms with E-state index in [9.17, 15) is 4.39 Å². The highest BCUT2D eigenvalue weighted by atomic mass is 19.1. The molecule has 1 N–H and O–H groups in total. The average Bonchev–Trinajstić information content (AvgIpc) is 2.20. The molecule has 2 nitrogen and oxygen atoms in total. The standard InChI is InChI=1S/C11H10FNO/c12-10-3-1-2-8-4-5-9(6-7-14)13-11(8)10/h1-5,14H,6-7H2. The number of aliphatic hydroxyl groups is 1. The van der Waals surface area contributed by atoms with Gasteiger partial charge in [0.25, 0.3) is 0 Å². The fraction of sp³-hybridized carbons (Fsp3) is 0.182. The van der Waals surface area contributed by atoms with Crippen molar-refractivity contribution >= 4 is 10.9 Å². The molecular formula is C11H10FNO. The van der Waals surface area contributed by atoms with Crippen molar-refractivity contribution in [3.8, 4) is 0 Å². The van der Waals surface area contributed by atoms with Crippen LogP contribution in [0.2, 0.25) is 0 Å². The summed E-state index contributed by atoms with van der Waals surface area (Å²) >= 11 is 0. The SMILES string of the molecule is OCCc1ccc2cccc(F)c2n1. The van der Waals surface area contributed by atoms with Gasteiger partial charge in [0.15, 0.2) is 0 Å². The molecule has 0 spiro atoms. The van der Waals surface area contributed by atoms with E-state index in [1.165, 1.54) is 6.07 Å². The molecule has 0 fully saturated rings. The maximum Gasteiger partial charge on any atom is 0.149 e. The molecule has 0 amide bonds. The number of hydrogen-bond donors (Lipinski definition) is 1. The molecule has 1 heterocycles. The largest absolute Gasteiger partial charge is 0.396 e. The highest BCUT2D eigenvalue weighted by molar-refractivity contribution is 5.79. The number of hydrogen-bond acceptors (Lipinski definition) is 2. The monoisotopic (exact) mass is 191 g/mol. The molecule has 0 saturated carbocycles. The van der Waals surface area contributed by atoms with E-state index < -0.39 is 0 Å². The Balaban J connectivity index is 2.58. The first-order valence-electron chi connectivity index (χ1n) is 4.46. The minimum Gasteiger partial charge on any atom is -0.396 e. The zero-order chi connectivity index (χ0) is 9.97. The van der Waals surface area contributed by atoms with E-state index in [-0.39, 0.29) is 12.4 Å². The Morgan fingerprint density at radius 2 is 2.07 bits per heavy atom. The first-order valence-corrected chi connectivity index (χ1v) is 4.46. The van der Waals surface area contributed by atoms with Crippen LogP contribution < -0.4 is 0 Å². The lowest BCUT2D eigenvalue weighted by molar-refractivity contribution is 0.298. The summed E-state index contributed by atoms with van der Waals surface area (Å²) < 4.78 is 13.3. The Morgan fingerprint density at radius 3 is 2.86 bits per heavy atom. The highest BCUT2D eigenvalue weighted by Gasteiger charge is 2.02. The molecule has 0 atom stereocenters. The van der Waals surface area contributed by atoms with E-state index in [1.54, 1.807) is 12.1 Å². The second-order valence-corrected chi connectivity index (χ2v) is 3.09. The predicted octanol–water partition coefficient (Wildman–Crippen LogP) is 1.91. The lowest BCUT2D eigenvalue weighted by atomic mass is 10.2. The molecule has 1 aromatic heterocycles. The van der Waals surface area contributed by atoms with Gasteiger partial charge in [0.1, 0.15) is 11.3 Å². The molecule has 14 heavy (non-hydrogen) atoms. The van der Waals surface area contributed by atoms with E-state index in [0.29, 0.717) is 17.6 Å². The molecule has 0 aliphatic rings. The van der Waals surface area contributed by atoms with Crippen molar-refractivity contribution in [3.05, 3.63) is 41.8 Å². The van der Waals surface area contributed by atoms with Crippen molar-refractivity contribution in [2.24, 2.45) is 0 Å². The van der Waals surface area contributed by atoms with E-state index in [1.807, 2.05) is 12.1 Å². The minimum absolute atomic E-state index is 0.0347. The maximum absolute atomic E-state index is 13.3. The van der Waals surface area contributed by atoms with Crippen LogP contribution in [0.4, 0.5) is 4.39 Å². The third-order valence-electron chi connectivity index (χ3n) is 2.10. The fourth-order valence-electron chi connectivity index (χ4n) is 1.41. The zero-order valence-corrected chi connectivity index (χ0v) is 7.57. The van der Waals surface area contributed by atoms with Crippen LogP contribution in [0.25, 0.3) is 10.9 Å². The van der Waals surface area contributed by atoms with Gasteiger partial charge in [-0.1, -0.05) is 18.2 Å². The van der Waals surface area contributed by atoms with Gasteiger partial charge >= 0.3 is 0 Å². The summed E-state index contributed by atoms with van der Waals surface area (Å²) in [4.78, 5) is 4.13. The maximum atomic E-state index is 13.3. The van der Waals surface area contributed by atoms with Crippen LogP contribution in [-0.4, -0.2) is 16.7 Å². The molecule has 0 unspecified atom stereocenters. The van der Waals surface area contributed by atoms with Crippen molar-refractivity contribution in [2.75, 3.05) is 6.61 Å². The van der Waals surface area contributed by atoms with Crippen LogP contribution >= 0.6 is 0 Å². The molecule has 0 bridgehead atoms. The Hall–Kier alpha value is -1.48. The Morgan fingerprint density at radius 1 is 1.21 bits per heavy atom. The Labute approximate surface area is 81.0 Å². The molecule has 3 heteroatoms. The third-order valence-corrected chi connectivity index (χ3v) is 2.10. The number of rotatable bonds is 2. The van der Waals surface area contributed by atoms with Gasteiger partial charge in [0.05, 0.1) is 0 Å². The van der Waals surface area contributed by atoms with Crippen molar-refractivity contribution in [1.29, 1.82) is 0 Å². The van der Waals surface area contributed by atoms with E-state index >= 15 is 0 Å². The Kier molecular flexibility index (Phi) is 2.41. The van der Waals surface area contributed by atoms with E-state index in [0.717, 1.165) is 5.39 Å². The van der Waals surface area contributed by atoms with Crippen molar-refractivity contribution < 1.29 is 9.50 Å². The molecule has 0 aliphatic carbocycles. The number of aromatic nitrogens is 1. The fourth-order valence-corrected chi connectivity index (χ4v) is 1.41. The summed E-state index contributed by atoms with van der Waals surface area (Å²) in [7, 11) is 0. The van der Waals surface area contributed by atoms with Gasteiger partial charge in [0, 0.05) is 24.1 Å². The summed E-state index contributed by atoms with van der Waals surface area (Å²) in [5.41, 5.74) is 1.09. The molecule has 0 saturated heterocycles. The first-order chi connectivity index (χ1) is 6.81. The summed E-state index contributed by atoms with van der Waals surface area (Å²) in [5, 5.41) is 9.51. The molecular weight excluding hydrogens is 181 g/mol. The minimum atomic E-state index is -0.317.